The Morgan fingerprint density at radius 1 is 0.537 bits per heavy atom. The molecule has 41 heavy (non-hydrogen) atoms. The van der Waals surface area contributed by atoms with E-state index in [1.807, 2.05) is 0 Å². The standard InChI is InChI=1S/C27H30N3O10P/c28-22(13-16-1-7-19(31)8-2-16)25(34)38-41(37,39-26(35)23(29)14-17-3-9-20(32)10-4-17)40-27(36)24(30)15-18-5-11-21(33)12-6-18/h1-12,22-24,31-33H,13-15,28-30H2. The molecule has 0 fully saturated rings. The monoisotopic (exact) mass is 587 g/mol. The highest BCUT2D eigenvalue weighted by Gasteiger charge is 2.43. The second-order valence-electron chi connectivity index (χ2n) is 9.11. The third-order valence-corrected chi connectivity index (χ3v) is 6.90. The maximum atomic E-state index is 13.5. The summed E-state index contributed by atoms with van der Waals surface area (Å²) >= 11 is 0. The molecular formula is C27H30N3O10P. The second-order valence-corrected chi connectivity index (χ2v) is 10.6. The van der Waals surface area contributed by atoms with E-state index in [2.05, 4.69) is 0 Å². The molecule has 218 valence electrons. The van der Waals surface area contributed by atoms with Gasteiger partial charge in [0.25, 0.3) is 0 Å². The Kier molecular flexibility index (Phi) is 10.5. The fraction of sp³-hybridized carbons (Fsp3) is 0.222. The van der Waals surface area contributed by atoms with Crippen molar-refractivity contribution < 1.29 is 47.8 Å². The van der Waals surface area contributed by atoms with Crippen LogP contribution in [-0.4, -0.2) is 51.4 Å². The SMILES string of the molecule is NC(Cc1ccc(O)cc1)C(=O)OP(=O)(OC(=O)C(N)Cc1ccc(O)cc1)OC(=O)C(N)Cc1ccc(O)cc1. The molecule has 0 aliphatic rings. The Labute approximate surface area is 235 Å². The highest BCUT2D eigenvalue weighted by Crippen LogP contribution is 2.50. The van der Waals surface area contributed by atoms with E-state index in [4.69, 9.17) is 30.8 Å². The van der Waals surface area contributed by atoms with E-state index in [0.29, 0.717) is 16.7 Å². The van der Waals surface area contributed by atoms with Crippen molar-refractivity contribution >= 4 is 25.7 Å². The molecule has 0 spiro atoms. The molecule has 0 aliphatic heterocycles. The van der Waals surface area contributed by atoms with Crippen LogP contribution in [0.2, 0.25) is 0 Å². The van der Waals surface area contributed by atoms with Crippen molar-refractivity contribution in [3.8, 4) is 17.2 Å². The molecule has 3 aromatic carbocycles. The van der Waals surface area contributed by atoms with E-state index in [9.17, 15) is 34.3 Å². The third kappa shape index (κ3) is 9.62. The van der Waals surface area contributed by atoms with Crippen molar-refractivity contribution in [1.82, 2.24) is 0 Å². The molecule has 14 heteroatoms. The number of hydrogen-bond donors (Lipinski definition) is 6. The van der Waals surface area contributed by atoms with Crippen molar-refractivity contribution in [3.05, 3.63) is 89.5 Å². The van der Waals surface area contributed by atoms with E-state index >= 15 is 0 Å². The quantitative estimate of drug-likeness (QED) is 0.165. The summed E-state index contributed by atoms with van der Waals surface area (Å²) in [7, 11) is -5.30. The van der Waals surface area contributed by atoms with Gasteiger partial charge in [-0.2, -0.15) is 4.57 Å². The summed E-state index contributed by atoms with van der Waals surface area (Å²) in [4.78, 5) is 38.2. The summed E-state index contributed by atoms with van der Waals surface area (Å²) in [5.41, 5.74) is 19.2. The predicted octanol–water partition coefficient (Wildman–Crippen LogP) is 1.55. The number of phenols is 3. The predicted molar refractivity (Wildman–Crippen MR) is 145 cm³/mol. The second kappa shape index (κ2) is 13.8. The number of hydrogen-bond acceptors (Lipinski definition) is 13. The van der Waals surface area contributed by atoms with Crippen LogP contribution in [0.5, 0.6) is 17.2 Å². The van der Waals surface area contributed by atoms with Gasteiger partial charge in [-0.3, -0.25) is 0 Å². The van der Waals surface area contributed by atoms with Crippen LogP contribution in [-0.2, 0) is 51.8 Å². The molecule has 0 saturated carbocycles. The fourth-order valence-electron chi connectivity index (χ4n) is 3.50. The average Bonchev–Trinajstić information content (AvgIpc) is 2.92. The van der Waals surface area contributed by atoms with Gasteiger partial charge in [0, 0.05) is 0 Å². The molecule has 3 unspecified atom stereocenters. The zero-order valence-corrected chi connectivity index (χ0v) is 22.6. The molecule has 0 bridgehead atoms. The van der Waals surface area contributed by atoms with Crippen LogP contribution in [0.15, 0.2) is 72.8 Å². The Balaban J connectivity index is 1.74. The number of phenolic OH excluding ortho intramolecular Hbond substituents is 3. The minimum absolute atomic E-state index is 0.0134. The Bertz CT molecular complexity index is 1230. The molecule has 0 aromatic heterocycles. The number of nitrogens with two attached hydrogens (primary N) is 3. The van der Waals surface area contributed by atoms with Gasteiger partial charge in [-0.05, 0) is 72.4 Å². The van der Waals surface area contributed by atoms with Crippen molar-refractivity contribution in [1.29, 1.82) is 0 Å². The molecule has 0 saturated heterocycles. The first-order valence-electron chi connectivity index (χ1n) is 12.2. The average molecular weight is 588 g/mol. The van der Waals surface area contributed by atoms with Gasteiger partial charge in [-0.1, -0.05) is 36.4 Å². The van der Waals surface area contributed by atoms with Crippen molar-refractivity contribution in [2.75, 3.05) is 0 Å². The summed E-state index contributed by atoms with van der Waals surface area (Å²) in [6.07, 6.45) is -0.370. The van der Waals surface area contributed by atoms with E-state index < -0.39 is 43.9 Å². The summed E-state index contributed by atoms with van der Waals surface area (Å²) in [6, 6.07) is 12.9. The summed E-state index contributed by atoms with van der Waals surface area (Å²) < 4.78 is 28.0. The third-order valence-electron chi connectivity index (χ3n) is 5.69. The van der Waals surface area contributed by atoms with Crippen molar-refractivity contribution in [2.45, 2.75) is 37.4 Å². The van der Waals surface area contributed by atoms with Gasteiger partial charge in [-0.25, -0.2) is 14.4 Å². The Morgan fingerprint density at radius 2 is 0.756 bits per heavy atom. The van der Waals surface area contributed by atoms with Gasteiger partial charge in [0.1, 0.15) is 35.4 Å². The molecule has 13 nitrogen and oxygen atoms in total. The van der Waals surface area contributed by atoms with Gasteiger partial charge in [0.2, 0.25) is 0 Å². The topological polar surface area (TPSA) is 235 Å². The number of carbonyl (C=O) groups is 3. The van der Waals surface area contributed by atoms with Crippen LogP contribution in [0.3, 0.4) is 0 Å². The molecule has 3 rings (SSSR count). The number of carbonyl (C=O) groups excluding carboxylic acids is 3. The Morgan fingerprint density at radius 3 is 0.976 bits per heavy atom. The van der Waals surface area contributed by atoms with E-state index in [1.54, 1.807) is 0 Å². The number of benzene rings is 3. The number of phosphoric ester groups is 1. The van der Waals surface area contributed by atoms with Crippen molar-refractivity contribution in [3.63, 3.8) is 0 Å². The normalized spacial score (nSPS) is 14.6. The fourth-order valence-corrected chi connectivity index (χ4v) is 4.68. The van der Waals surface area contributed by atoms with Crippen LogP contribution in [0, 0.1) is 0 Å². The molecule has 0 aliphatic carbocycles. The van der Waals surface area contributed by atoms with Crippen LogP contribution in [0.1, 0.15) is 16.7 Å². The highest BCUT2D eigenvalue weighted by atomic mass is 31.2. The largest absolute Gasteiger partial charge is 0.653 e. The molecular weight excluding hydrogens is 557 g/mol. The highest BCUT2D eigenvalue weighted by molar-refractivity contribution is 7.50. The van der Waals surface area contributed by atoms with Crippen LogP contribution >= 0.6 is 7.82 Å². The van der Waals surface area contributed by atoms with Gasteiger partial charge >= 0.3 is 25.7 Å². The van der Waals surface area contributed by atoms with Gasteiger partial charge in [-0.15, -0.1) is 0 Å². The number of rotatable bonds is 12. The zero-order chi connectivity index (χ0) is 30.2. The molecule has 9 N–H and O–H groups in total. The van der Waals surface area contributed by atoms with Crippen LogP contribution in [0.25, 0.3) is 0 Å². The first kappa shape index (κ1) is 31.1. The summed E-state index contributed by atoms with van der Waals surface area (Å²) in [5, 5.41) is 28.3. The molecule has 0 amide bonds. The zero-order valence-electron chi connectivity index (χ0n) is 21.7. The van der Waals surface area contributed by atoms with Gasteiger partial charge in [0.05, 0.1) is 0 Å². The van der Waals surface area contributed by atoms with Gasteiger partial charge < -0.3 is 46.1 Å². The number of aromatic hydroxyl groups is 3. The maximum Gasteiger partial charge on any atom is 0.653 e. The number of phosphoric acid groups is 1. The van der Waals surface area contributed by atoms with E-state index in [1.165, 1.54) is 72.8 Å². The maximum absolute atomic E-state index is 13.5. The van der Waals surface area contributed by atoms with Crippen LogP contribution < -0.4 is 17.2 Å². The summed E-state index contributed by atoms with van der Waals surface area (Å²) in [5.74, 6) is -4.00. The molecule has 0 radical (unpaired) electrons. The summed E-state index contributed by atoms with van der Waals surface area (Å²) in [6.45, 7) is 0. The van der Waals surface area contributed by atoms with Gasteiger partial charge in [0.15, 0.2) is 0 Å². The first-order valence-corrected chi connectivity index (χ1v) is 13.7. The smallest absolute Gasteiger partial charge is 0.508 e. The minimum atomic E-state index is -5.30. The lowest BCUT2D eigenvalue weighted by atomic mass is 10.1. The lowest BCUT2D eigenvalue weighted by Crippen LogP contribution is -2.38. The van der Waals surface area contributed by atoms with E-state index in [-0.39, 0.29) is 36.5 Å². The molecule has 3 aromatic rings. The lowest BCUT2D eigenvalue weighted by Gasteiger charge is -2.21. The van der Waals surface area contributed by atoms with E-state index in [0.717, 1.165) is 0 Å². The molecule has 3 atom stereocenters. The van der Waals surface area contributed by atoms with Crippen LogP contribution in [0.4, 0.5) is 0 Å². The lowest BCUT2D eigenvalue weighted by molar-refractivity contribution is -0.146. The molecule has 0 heterocycles. The Hall–Kier alpha value is -4.42. The first-order chi connectivity index (χ1) is 19.3. The minimum Gasteiger partial charge on any atom is -0.508 e. The van der Waals surface area contributed by atoms with Crippen molar-refractivity contribution in [2.24, 2.45) is 17.2 Å².